The molecule has 2 aromatic carbocycles. The quantitative estimate of drug-likeness (QED) is 0.332. The lowest BCUT2D eigenvalue weighted by atomic mass is 10.2. The zero-order valence-electron chi connectivity index (χ0n) is 20.6. The summed E-state index contributed by atoms with van der Waals surface area (Å²) in [7, 11) is -3.67. The van der Waals surface area contributed by atoms with Gasteiger partial charge in [-0.15, -0.1) is 10.2 Å². The average molecular weight is 551 g/mol. The van der Waals surface area contributed by atoms with Crippen molar-refractivity contribution >= 4 is 33.4 Å². The van der Waals surface area contributed by atoms with E-state index in [1.807, 2.05) is 47.9 Å². The van der Waals surface area contributed by atoms with Crippen molar-refractivity contribution in [1.29, 1.82) is 0 Å². The minimum Gasteiger partial charge on any atom is -0.379 e. The van der Waals surface area contributed by atoms with Crippen molar-refractivity contribution in [2.24, 2.45) is 0 Å². The number of para-hydroxylation sites is 1. The molecular formula is C26H26N6O4S2. The zero-order chi connectivity index (χ0) is 26.5. The number of aryl methyl sites for hydroxylation is 1. The number of nitrogens with zero attached hydrogens (tertiary/aromatic N) is 5. The summed E-state index contributed by atoms with van der Waals surface area (Å²) >= 11 is 1.24. The van der Waals surface area contributed by atoms with E-state index >= 15 is 0 Å². The van der Waals surface area contributed by atoms with Gasteiger partial charge in [-0.3, -0.25) is 14.3 Å². The van der Waals surface area contributed by atoms with Crippen molar-refractivity contribution in [1.82, 2.24) is 24.1 Å². The van der Waals surface area contributed by atoms with E-state index in [-0.39, 0.29) is 16.6 Å². The lowest BCUT2D eigenvalue weighted by Crippen LogP contribution is -2.40. The van der Waals surface area contributed by atoms with Crippen LogP contribution >= 0.6 is 11.8 Å². The molecule has 38 heavy (non-hydrogen) atoms. The van der Waals surface area contributed by atoms with E-state index in [1.54, 1.807) is 24.5 Å². The Bertz CT molecular complexity index is 1540. The number of hydrogen-bond donors (Lipinski definition) is 1. The molecule has 2 aromatic heterocycles. The first kappa shape index (κ1) is 26.0. The second-order valence-electron chi connectivity index (χ2n) is 8.55. The maximum Gasteiger partial charge on any atom is 0.243 e. The molecule has 1 amide bonds. The smallest absolute Gasteiger partial charge is 0.243 e. The van der Waals surface area contributed by atoms with Crippen molar-refractivity contribution in [2.45, 2.75) is 17.0 Å². The molecule has 5 rings (SSSR count). The summed E-state index contributed by atoms with van der Waals surface area (Å²) in [6.07, 6.45) is 3.41. The normalized spacial score (nSPS) is 14.3. The monoisotopic (exact) mass is 550 g/mol. The molecule has 0 radical (unpaired) electrons. The van der Waals surface area contributed by atoms with Crippen LogP contribution in [0.3, 0.4) is 0 Å². The first-order chi connectivity index (χ1) is 18.4. The van der Waals surface area contributed by atoms with Crippen LogP contribution in [0.15, 0.2) is 83.1 Å². The van der Waals surface area contributed by atoms with Crippen LogP contribution in [0.4, 0.5) is 5.69 Å². The molecule has 10 nitrogen and oxygen atoms in total. The van der Waals surface area contributed by atoms with Gasteiger partial charge in [0.25, 0.3) is 0 Å². The number of sulfonamides is 1. The Hall–Kier alpha value is -3.58. The lowest BCUT2D eigenvalue weighted by Gasteiger charge is -2.26. The SMILES string of the molecule is Cc1ccccc1-n1c(SCC(=O)Nc2cccc(S(=O)(=O)N3CCOCC3)c2)nnc1-c1cccnc1. The van der Waals surface area contributed by atoms with E-state index in [2.05, 4.69) is 20.5 Å². The summed E-state index contributed by atoms with van der Waals surface area (Å²) in [6, 6.07) is 17.9. The number of amides is 1. The van der Waals surface area contributed by atoms with E-state index in [4.69, 9.17) is 4.74 Å². The summed E-state index contributed by atoms with van der Waals surface area (Å²) in [6.45, 7) is 3.34. The molecule has 1 saturated heterocycles. The third-order valence-electron chi connectivity index (χ3n) is 5.97. The van der Waals surface area contributed by atoms with Gasteiger partial charge in [0.15, 0.2) is 11.0 Å². The molecule has 0 bridgehead atoms. The van der Waals surface area contributed by atoms with E-state index < -0.39 is 10.0 Å². The minimum absolute atomic E-state index is 0.0531. The average Bonchev–Trinajstić information content (AvgIpc) is 3.37. The van der Waals surface area contributed by atoms with Crippen LogP contribution in [-0.4, -0.2) is 70.4 Å². The molecule has 1 N–H and O–H groups in total. The largest absolute Gasteiger partial charge is 0.379 e. The van der Waals surface area contributed by atoms with Gasteiger partial charge in [-0.25, -0.2) is 8.42 Å². The number of nitrogens with one attached hydrogen (secondary N) is 1. The predicted octanol–water partition coefficient (Wildman–Crippen LogP) is 3.39. The predicted molar refractivity (Wildman–Crippen MR) is 145 cm³/mol. The summed E-state index contributed by atoms with van der Waals surface area (Å²) < 4.78 is 34.5. The van der Waals surface area contributed by atoms with Crippen LogP contribution < -0.4 is 5.32 Å². The van der Waals surface area contributed by atoms with Gasteiger partial charge in [-0.05, 0) is 48.9 Å². The molecule has 0 unspecified atom stereocenters. The van der Waals surface area contributed by atoms with Crippen LogP contribution in [0.5, 0.6) is 0 Å². The van der Waals surface area contributed by atoms with E-state index in [0.717, 1.165) is 16.8 Å². The number of hydrogen-bond acceptors (Lipinski definition) is 8. The third kappa shape index (κ3) is 5.63. The Labute approximate surface area is 225 Å². The van der Waals surface area contributed by atoms with E-state index in [1.165, 1.54) is 28.2 Å². The molecule has 12 heteroatoms. The third-order valence-corrected chi connectivity index (χ3v) is 8.79. The highest BCUT2D eigenvalue weighted by Gasteiger charge is 2.26. The van der Waals surface area contributed by atoms with Gasteiger partial charge in [0.05, 0.1) is 29.5 Å². The van der Waals surface area contributed by atoms with E-state index in [0.29, 0.717) is 43.0 Å². The number of rotatable bonds is 8. The van der Waals surface area contributed by atoms with Gasteiger partial charge in [-0.1, -0.05) is 36.0 Å². The van der Waals surface area contributed by atoms with Crippen LogP contribution in [0.25, 0.3) is 17.1 Å². The summed E-state index contributed by atoms with van der Waals surface area (Å²) in [4.78, 5) is 17.2. The zero-order valence-corrected chi connectivity index (χ0v) is 22.3. The van der Waals surface area contributed by atoms with Crippen molar-refractivity contribution in [2.75, 3.05) is 37.4 Å². The number of aromatic nitrogens is 4. The topological polar surface area (TPSA) is 119 Å². The molecule has 1 fully saturated rings. The van der Waals surface area contributed by atoms with E-state index in [9.17, 15) is 13.2 Å². The second-order valence-corrected chi connectivity index (χ2v) is 11.4. The fourth-order valence-corrected chi connectivity index (χ4v) is 6.27. The Morgan fingerprint density at radius 1 is 1.05 bits per heavy atom. The summed E-state index contributed by atoms with van der Waals surface area (Å²) in [5.74, 6) is 0.381. The van der Waals surface area contributed by atoms with Gasteiger partial charge >= 0.3 is 0 Å². The molecule has 196 valence electrons. The van der Waals surface area contributed by atoms with Crippen molar-refractivity contribution in [3.63, 3.8) is 0 Å². The highest BCUT2D eigenvalue weighted by molar-refractivity contribution is 7.99. The van der Waals surface area contributed by atoms with Crippen LogP contribution in [0.2, 0.25) is 0 Å². The van der Waals surface area contributed by atoms with Gasteiger partial charge in [-0.2, -0.15) is 4.31 Å². The highest BCUT2D eigenvalue weighted by Crippen LogP contribution is 2.29. The fourth-order valence-electron chi connectivity index (χ4n) is 4.07. The summed E-state index contributed by atoms with van der Waals surface area (Å²) in [5.41, 5.74) is 3.14. The molecule has 0 aliphatic carbocycles. The Balaban J connectivity index is 1.33. The fraction of sp³-hybridized carbons (Fsp3) is 0.231. The van der Waals surface area contributed by atoms with Gasteiger partial charge in [0.1, 0.15) is 0 Å². The molecular weight excluding hydrogens is 524 g/mol. The number of benzene rings is 2. The van der Waals surface area contributed by atoms with Crippen LogP contribution in [0.1, 0.15) is 5.56 Å². The standard InChI is InChI=1S/C26H26N6O4S2/c1-19-6-2-3-10-23(19)32-25(20-7-5-11-27-17-20)29-30-26(32)37-18-24(33)28-21-8-4-9-22(16-21)38(34,35)31-12-14-36-15-13-31/h2-11,16-17H,12-15,18H2,1H3,(H,28,33). The van der Waals surface area contributed by atoms with Crippen molar-refractivity contribution < 1.29 is 17.9 Å². The number of thioether (sulfide) groups is 1. The van der Waals surface area contributed by atoms with Gasteiger partial charge < -0.3 is 10.1 Å². The first-order valence-corrected chi connectivity index (χ1v) is 14.4. The molecule has 3 heterocycles. The van der Waals surface area contributed by atoms with Crippen molar-refractivity contribution in [3.8, 4) is 17.1 Å². The number of carbonyl (C=O) groups excluding carboxylic acids is 1. The number of anilines is 1. The number of pyridine rings is 1. The summed E-state index contributed by atoms with van der Waals surface area (Å²) in [5, 5.41) is 12.1. The van der Waals surface area contributed by atoms with Crippen LogP contribution in [-0.2, 0) is 19.6 Å². The molecule has 0 spiro atoms. The minimum atomic E-state index is -3.67. The first-order valence-electron chi connectivity index (χ1n) is 12.0. The molecule has 0 atom stereocenters. The second kappa shape index (κ2) is 11.4. The van der Waals surface area contributed by atoms with Crippen LogP contribution in [0, 0.1) is 6.92 Å². The molecule has 1 aliphatic rings. The number of carbonyl (C=O) groups is 1. The van der Waals surface area contributed by atoms with Gasteiger partial charge in [0.2, 0.25) is 15.9 Å². The van der Waals surface area contributed by atoms with Gasteiger partial charge in [0, 0.05) is 36.7 Å². The Morgan fingerprint density at radius 2 is 1.87 bits per heavy atom. The number of morpholine rings is 1. The Kier molecular flexibility index (Phi) is 7.84. The molecule has 4 aromatic rings. The number of ether oxygens (including phenoxy) is 1. The maximum absolute atomic E-state index is 13.0. The van der Waals surface area contributed by atoms with Crippen molar-refractivity contribution in [3.05, 3.63) is 78.6 Å². The Morgan fingerprint density at radius 3 is 2.63 bits per heavy atom. The highest BCUT2D eigenvalue weighted by atomic mass is 32.2. The lowest BCUT2D eigenvalue weighted by molar-refractivity contribution is -0.113. The molecule has 0 saturated carbocycles. The maximum atomic E-state index is 13.0. The molecule has 1 aliphatic heterocycles.